The molecule has 0 amide bonds. The van der Waals surface area contributed by atoms with E-state index in [9.17, 15) is 4.79 Å². The molecule has 0 unspecified atom stereocenters. The molecule has 72 valence electrons. The lowest BCUT2D eigenvalue weighted by atomic mass is 10.2. The van der Waals surface area contributed by atoms with Crippen molar-refractivity contribution >= 4 is 0 Å². The number of H-pyrrole nitrogens is 1. The van der Waals surface area contributed by atoms with Crippen LogP contribution in [-0.4, -0.2) is 16.5 Å². The molecule has 1 aromatic rings. The third-order valence-corrected chi connectivity index (χ3v) is 2.02. The molecule has 0 saturated heterocycles. The summed E-state index contributed by atoms with van der Waals surface area (Å²) >= 11 is 0. The highest BCUT2D eigenvalue weighted by Gasteiger charge is 2.04. The number of aryl methyl sites for hydroxylation is 1. The van der Waals surface area contributed by atoms with Crippen LogP contribution in [0.4, 0.5) is 0 Å². The van der Waals surface area contributed by atoms with Crippen LogP contribution in [0.5, 0.6) is 0 Å². The van der Waals surface area contributed by atoms with Gasteiger partial charge in [0.15, 0.2) is 0 Å². The topological polar surface area (TPSA) is 71.8 Å². The van der Waals surface area contributed by atoms with E-state index in [1.807, 2.05) is 6.92 Å². The molecule has 0 spiro atoms. The number of aromatic nitrogens is 2. The number of nitrogens with one attached hydrogen (secondary N) is 1. The minimum atomic E-state index is -0.0460. The van der Waals surface area contributed by atoms with Gasteiger partial charge in [0.05, 0.1) is 5.69 Å². The second kappa shape index (κ2) is 4.18. The Balaban J connectivity index is 3.14. The highest BCUT2D eigenvalue weighted by Crippen LogP contribution is 1.99. The molecule has 1 aromatic heterocycles. The Labute approximate surface area is 77.2 Å². The second-order valence-electron chi connectivity index (χ2n) is 2.98. The molecule has 0 aliphatic heterocycles. The summed E-state index contributed by atoms with van der Waals surface area (Å²) in [5, 5.41) is 0. The summed E-state index contributed by atoms with van der Waals surface area (Å²) in [5.74, 6) is 0.690. The molecule has 0 aliphatic rings. The van der Waals surface area contributed by atoms with E-state index in [1.165, 1.54) is 0 Å². The molecule has 0 bridgehead atoms. The van der Waals surface area contributed by atoms with Crippen LogP contribution in [0, 0.1) is 6.92 Å². The zero-order valence-corrected chi connectivity index (χ0v) is 8.05. The van der Waals surface area contributed by atoms with Gasteiger partial charge in [-0.2, -0.15) is 0 Å². The van der Waals surface area contributed by atoms with Gasteiger partial charge in [-0.25, -0.2) is 4.98 Å². The van der Waals surface area contributed by atoms with Gasteiger partial charge in [-0.05, 0) is 19.9 Å². The van der Waals surface area contributed by atoms with Crippen LogP contribution in [0.3, 0.4) is 0 Å². The van der Waals surface area contributed by atoms with Gasteiger partial charge in [-0.3, -0.25) is 4.79 Å². The van der Waals surface area contributed by atoms with Crippen LogP contribution >= 0.6 is 0 Å². The van der Waals surface area contributed by atoms with Crippen molar-refractivity contribution in [3.05, 3.63) is 27.4 Å². The predicted octanol–water partition coefficient (Wildman–Crippen LogP) is 0.142. The minimum absolute atomic E-state index is 0.0460. The highest BCUT2D eigenvalue weighted by atomic mass is 16.1. The van der Waals surface area contributed by atoms with Crippen LogP contribution < -0.4 is 11.3 Å². The van der Waals surface area contributed by atoms with Crippen LogP contribution in [0.2, 0.25) is 0 Å². The number of hydrogen-bond acceptors (Lipinski definition) is 3. The van der Waals surface area contributed by atoms with Crippen molar-refractivity contribution in [2.75, 3.05) is 6.54 Å². The molecule has 13 heavy (non-hydrogen) atoms. The summed E-state index contributed by atoms with van der Waals surface area (Å²) in [5.41, 5.74) is 6.91. The average Bonchev–Trinajstić information content (AvgIpc) is 2.11. The van der Waals surface area contributed by atoms with E-state index in [-0.39, 0.29) is 5.56 Å². The molecule has 1 rings (SSSR count). The zero-order chi connectivity index (χ0) is 9.84. The van der Waals surface area contributed by atoms with E-state index in [2.05, 4.69) is 9.97 Å². The quantitative estimate of drug-likeness (QED) is 0.696. The first-order chi connectivity index (χ1) is 6.19. The van der Waals surface area contributed by atoms with Crippen LogP contribution in [0.15, 0.2) is 4.79 Å². The van der Waals surface area contributed by atoms with Crippen LogP contribution in [0.1, 0.15) is 24.0 Å². The summed E-state index contributed by atoms with van der Waals surface area (Å²) < 4.78 is 0. The molecular formula is C9H15N3O. The number of rotatable bonds is 3. The van der Waals surface area contributed by atoms with E-state index in [1.54, 1.807) is 6.92 Å². The summed E-state index contributed by atoms with van der Waals surface area (Å²) in [4.78, 5) is 18.4. The average molecular weight is 181 g/mol. The fraction of sp³-hybridized carbons (Fsp3) is 0.556. The fourth-order valence-electron chi connectivity index (χ4n) is 1.23. The van der Waals surface area contributed by atoms with Gasteiger partial charge in [0.2, 0.25) is 0 Å². The molecule has 0 aliphatic carbocycles. The van der Waals surface area contributed by atoms with Crippen molar-refractivity contribution in [3.63, 3.8) is 0 Å². The Morgan fingerprint density at radius 3 is 2.77 bits per heavy atom. The number of nitrogens with two attached hydrogens (primary N) is 1. The molecule has 3 N–H and O–H groups in total. The van der Waals surface area contributed by atoms with E-state index in [4.69, 9.17) is 5.73 Å². The van der Waals surface area contributed by atoms with Crippen molar-refractivity contribution in [2.24, 2.45) is 5.73 Å². The van der Waals surface area contributed by atoms with Gasteiger partial charge in [0, 0.05) is 12.0 Å². The minimum Gasteiger partial charge on any atom is -0.330 e. The van der Waals surface area contributed by atoms with Gasteiger partial charge < -0.3 is 10.7 Å². The number of nitrogens with zero attached hydrogens (tertiary/aromatic N) is 1. The first-order valence-electron chi connectivity index (χ1n) is 4.47. The number of hydrogen-bond donors (Lipinski definition) is 2. The van der Waals surface area contributed by atoms with Crippen molar-refractivity contribution in [1.82, 2.24) is 9.97 Å². The lowest BCUT2D eigenvalue weighted by Gasteiger charge is -2.04. The van der Waals surface area contributed by atoms with E-state index < -0.39 is 0 Å². The summed E-state index contributed by atoms with van der Waals surface area (Å²) in [6, 6.07) is 0. The maximum atomic E-state index is 11.4. The Bertz CT molecular complexity index is 343. The maximum absolute atomic E-state index is 11.4. The molecular weight excluding hydrogens is 166 g/mol. The summed E-state index contributed by atoms with van der Waals surface area (Å²) in [7, 11) is 0. The molecule has 4 nitrogen and oxygen atoms in total. The van der Waals surface area contributed by atoms with Crippen LogP contribution in [0.25, 0.3) is 0 Å². The Hall–Kier alpha value is -1.16. The lowest BCUT2D eigenvalue weighted by Crippen LogP contribution is -2.19. The first-order valence-corrected chi connectivity index (χ1v) is 4.47. The van der Waals surface area contributed by atoms with Gasteiger partial charge in [0.25, 0.3) is 5.56 Å². The second-order valence-corrected chi connectivity index (χ2v) is 2.98. The third kappa shape index (κ3) is 2.15. The van der Waals surface area contributed by atoms with Gasteiger partial charge >= 0.3 is 0 Å². The molecule has 0 aromatic carbocycles. The van der Waals surface area contributed by atoms with Crippen molar-refractivity contribution < 1.29 is 0 Å². The van der Waals surface area contributed by atoms with Gasteiger partial charge in [0.1, 0.15) is 5.82 Å². The normalized spacial score (nSPS) is 10.4. The maximum Gasteiger partial charge on any atom is 0.254 e. The Kier molecular flexibility index (Phi) is 3.19. The molecule has 0 atom stereocenters. The summed E-state index contributed by atoms with van der Waals surface area (Å²) in [6.45, 7) is 4.28. The van der Waals surface area contributed by atoms with Gasteiger partial charge in [-0.1, -0.05) is 6.92 Å². The first kappa shape index (κ1) is 9.92. The lowest BCUT2D eigenvalue weighted by molar-refractivity contribution is 0.817. The number of aromatic amines is 1. The Morgan fingerprint density at radius 2 is 2.23 bits per heavy atom. The Morgan fingerprint density at radius 1 is 1.54 bits per heavy atom. The molecule has 0 fully saturated rings. The molecule has 0 saturated carbocycles. The van der Waals surface area contributed by atoms with Crippen molar-refractivity contribution in [3.8, 4) is 0 Å². The largest absolute Gasteiger partial charge is 0.330 e. The fourth-order valence-corrected chi connectivity index (χ4v) is 1.23. The van der Waals surface area contributed by atoms with Crippen LogP contribution in [-0.2, 0) is 12.8 Å². The van der Waals surface area contributed by atoms with Crippen molar-refractivity contribution in [2.45, 2.75) is 26.7 Å². The van der Waals surface area contributed by atoms with E-state index >= 15 is 0 Å². The standard InChI is InChI=1S/C9H15N3O/c1-3-7-6(2)9(13)12-8(11-7)4-5-10/h3-5,10H2,1-2H3,(H,11,12,13). The summed E-state index contributed by atoms with van der Waals surface area (Å²) in [6.07, 6.45) is 1.41. The molecule has 4 heteroatoms. The van der Waals surface area contributed by atoms with Gasteiger partial charge in [-0.15, -0.1) is 0 Å². The predicted molar refractivity (Wildman–Crippen MR) is 51.7 cm³/mol. The molecule has 1 heterocycles. The van der Waals surface area contributed by atoms with Crippen molar-refractivity contribution in [1.29, 1.82) is 0 Å². The zero-order valence-electron chi connectivity index (χ0n) is 8.05. The monoisotopic (exact) mass is 181 g/mol. The SMILES string of the molecule is CCc1nc(CCN)[nH]c(=O)c1C. The van der Waals surface area contributed by atoms with E-state index in [0.29, 0.717) is 24.4 Å². The van der Waals surface area contributed by atoms with E-state index in [0.717, 1.165) is 12.1 Å². The highest BCUT2D eigenvalue weighted by molar-refractivity contribution is 5.15. The smallest absolute Gasteiger partial charge is 0.254 e. The third-order valence-electron chi connectivity index (χ3n) is 2.02. The molecule has 0 radical (unpaired) electrons.